The standard InChI is InChI=1S/C25H31N5O6S/c1-15(2)19-13-20(22(32)14-21(19)31)23-27-28-24(25(33)26-16(3)4)30(23)17-5-7-18(8-6-17)37(34,35)29-9-11-36-12-10-29/h5-8,13-16,31-32H,9-12H2,1-4H3,(H,26,33). The van der Waals surface area contributed by atoms with Crippen molar-refractivity contribution in [3.63, 3.8) is 0 Å². The van der Waals surface area contributed by atoms with E-state index in [1.165, 1.54) is 27.1 Å². The van der Waals surface area contributed by atoms with E-state index in [1.807, 2.05) is 27.7 Å². The van der Waals surface area contributed by atoms with Gasteiger partial charge in [-0.2, -0.15) is 4.31 Å². The third-order valence-corrected chi connectivity index (χ3v) is 7.91. The molecule has 1 fully saturated rings. The number of benzene rings is 2. The minimum Gasteiger partial charge on any atom is -0.508 e. The maximum absolute atomic E-state index is 13.1. The average Bonchev–Trinajstić information content (AvgIpc) is 3.29. The van der Waals surface area contributed by atoms with Crippen LogP contribution in [0.15, 0.2) is 41.3 Å². The van der Waals surface area contributed by atoms with Gasteiger partial charge < -0.3 is 20.3 Å². The Bertz CT molecular complexity index is 1390. The second kappa shape index (κ2) is 10.5. The van der Waals surface area contributed by atoms with Gasteiger partial charge in [0.25, 0.3) is 5.91 Å². The monoisotopic (exact) mass is 529 g/mol. The predicted octanol–water partition coefficient (Wildman–Crippen LogP) is 2.63. The van der Waals surface area contributed by atoms with Crippen LogP contribution in [0.5, 0.6) is 11.5 Å². The van der Waals surface area contributed by atoms with Crippen molar-refractivity contribution >= 4 is 15.9 Å². The number of ether oxygens (including phenoxy) is 1. The van der Waals surface area contributed by atoms with Crippen LogP contribution in [0.4, 0.5) is 0 Å². The smallest absolute Gasteiger partial charge is 0.289 e. The molecule has 1 aliphatic heterocycles. The van der Waals surface area contributed by atoms with Crippen LogP contribution in [0.2, 0.25) is 0 Å². The van der Waals surface area contributed by atoms with Crippen LogP contribution in [0.3, 0.4) is 0 Å². The van der Waals surface area contributed by atoms with Crippen LogP contribution >= 0.6 is 0 Å². The summed E-state index contributed by atoms with van der Waals surface area (Å²) >= 11 is 0. The number of carbonyl (C=O) groups is 1. The number of phenols is 2. The highest BCUT2D eigenvalue weighted by Gasteiger charge is 2.28. The van der Waals surface area contributed by atoms with Gasteiger partial charge in [-0.15, -0.1) is 10.2 Å². The zero-order valence-corrected chi connectivity index (χ0v) is 22.0. The molecular formula is C25H31N5O6S. The number of morpholine rings is 1. The molecule has 12 heteroatoms. The van der Waals surface area contributed by atoms with E-state index in [0.717, 1.165) is 0 Å². The van der Waals surface area contributed by atoms with Crippen molar-refractivity contribution in [2.24, 2.45) is 0 Å². The van der Waals surface area contributed by atoms with Gasteiger partial charge in [-0.1, -0.05) is 13.8 Å². The first-order valence-electron chi connectivity index (χ1n) is 12.0. The summed E-state index contributed by atoms with van der Waals surface area (Å²) in [7, 11) is -3.71. The Hall–Kier alpha value is -3.48. The predicted molar refractivity (Wildman–Crippen MR) is 136 cm³/mol. The minimum atomic E-state index is -3.71. The van der Waals surface area contributed by atoms with E-state index in [4.69, 9.17) is 4.74 Å². The summed E-state index contributed by atoms with van der Waals surface area (Å²) in [6, 6.07) is 8.72. The van der Waals surface area contributed by atoms with Gasteiger partial charge in [0, 0.05) is 30.9 Å². The molecule has 11 nitrogen and oxygen atoms in total. The van der Waals surface area contributed by atoms with Crippen molar-refractivity contribution in [3.05, 3.63) is 47.8 Å². The molecule has 37 heavy (non-hydrogen) atoms. The SMILES string of the molecule is CC(C)NC(=O)c1nnc(-c2cc(C(C)C)c(O)cc2O)n1-c1ccc(S(=O)(=O)N2CCOCC2)cc1. The quantitative estimate of drug-likeness (QED) is 0.423. The summed E-state index contributed by atoms with van der Waals surface area (Å²) in [4.78, 5) is 13.1. The lowest BCUT2D eigenvalue weighted by Crippen LogP contribution is -2.40. The third kappa shape index (κ3) is 5.31. The van der Waals surface area contributed by atoms with Crippen molar-refractivity contribution < 1.29 is 28.2 Å². The molecule has 0 radical (unpaired) electrons. The molecule has 1 saturated heterocycles. The second-order valence-electron chi connectivity index (χ2n) is 9.40. The van der Waals surface area contributed by atoms with Crippen molar-refractivity contribution in [1.82, 2.24) is 24.4 Å². The maximum Gasteiger partial charge on any atom is 0.289 e. The molecule has 198 valence electrons. The molecular weight excluding hydrogens is 498 g/mol. The average molecular weight is 530 g/mol. The largest absolute Gasteiger partial charge is 0.508 e. The fraction of sp³-hybridized carbons (Fsp3) is 0.400. The Morgan fingerprint density at radius 2 is 1.65 bits per heavy atom. The summed E-state index contributed by atoms with van der Waals surface area (Å²) in [6.45, 7) is 8.64. The highest BCUT2D eigenvalue weighted by atomic mass is 32.2. The van der Waals surface area contributed by atoms with Gasteiger partial charge in [-0.05, 0) is 55.7 Å². The van der Waals surface area contributed by atoms with Crippen LogP contribution in [-0.2, 0) is 14.8 Å². The molecule has 2 heterocycles. The number of phenolic OH excluding ortho intramolecular Hbond substituents is 2. The topological polar surface area (TPSA) is 147 Å². The highest BCUT2D eigenvalue weighted by molar-refractivity contribution is 7.89. The van der Waals surface area contributed by atoms with Crippen LogP contribution in [0, 0.1) is 0 Å². The second-order valence-corrected chi connectivity index (χ2v) is 11.3. The first-order chi connectivity index (χ1) is 17.5. The molecule has 0 unspecified atom stereocenters. The van der Waals surface area contributed by atoms with Crippen LogP contribution < -0.4 is 5.32 Å². The van der Waals surface area contributed by atoms with E-state index in [0.29, 0.717) is 24.5 Å². The van der Waals surface area contributed by atoms with Crippen molar-refractivity contribution in [2.75, 3.05) is 26.3 Å². The fourth-order valence-corrected chi connectivity index (χ4v) is 5.52. The Morgan fingerprint density at radius 3 is 2.24 bits per heavy atom. The normalized spacial score (nSPS) is 14.9. The Balaban J connectivity index is 1.83. The lowest BCUT2D eigenvalue weighted by atomic mass is 9.98. The number of aromatic nitrogens is 3. The molecule has 0 atom stereocenters. The lowest BCUT2D eigenvalue weighted by molar-refractivity contribution is 0.0730. The molecule has 1 amide bonds. The van der Waals surface area contributed by atoms with Crippen molar-refractivity contribution in [3.8, 4) is 28.6 Å². The molecule has 0 bridgehead atoms. The molecule has 0 aliphatic carbocycles. The summed E-state index contributed by atoms with van der Waals surface area (Å²) in [6.07, 6.45) is 0. The minimum absolute atomic E-state index is 0.0361. The van der Waals surface area contributed by atoms with E-state index in [9.17, 15) is 23.4 Å². The zero-order valence-electron chi connectivity index (χ0n) is 21.2. The number of carbonyl (C=O) groups excluding carboxylic acids is 1. The molecule has 0 spiro atoms. The van der Waals surface area contributed by atoms with Gasteiger partial charge in [0.15, 0.2) is 5.82 Å². The Kier molecular flexibility index (Phi) is 7.53. The molecule has 4 rings (SSSR count). The summed E-state index contributed by atoms with van der Waals surface area (Å²) < 4.78 is 34.2. The van der Waals surface area contributed by atoms with Crippen LogP contribution in [0.1, 0.15) is 49.8 Å². The van der Waals surface area contributed by atoms with E-state index in [-0.39, 0.29) is 58.7 Å². The number of rotatable bonds is 7. The number of nitrogens with one attached hydrogen (secondary N) is 1. The lowest BCUT2D eigenvalue weighted by Gasteiger charge is -2.26. The van der Waals surface area contributed by atoms with Gasteiger partial charge in [0.1, 0.15) is 11.5 Å². The molecule has 1 aromatic heterocycles. The van der Waals surface area contributed by atoms with Gasteiger partial charge >= 0.3 is 0 Å². The van der Waals surface area contributed by atoms with Crippen LogP contribution in [-0.4, -0.2) is 76.0 Å². The van der Waals surface area contributed by atoms with E-state index in [2.05, 4.69) is 15.5 Å². The molecule has 1 aliphatic rings. The summed E-state index contributed by atoms with van der Waals surface area (Å²) in [5, 5.41) is 32.0. The third-order valence-electron chi connectivity index (χ3n) is 6.00. The Labute approximate surface area is 215 Å². The van der Waals surface area contributed by atoms with E-state index >= 15 is 0 Å². The summed E-state index contributed by atoms with van der Waals surface area (Å²) in [5.74, 6) is -0.705. The molecule has 0 saturated carbocycles. The van der Waals surface area contributed by atoms with Crippen molar-refractivity contribution in [2.45, 2.75) is 44.6 Å². The van der Waals surface area contributed by atoms with Gasteiger partial charge in [0.05, 0.1) is 23.7 Å². The molecule has 2 aromatic carbocycles. The van der Waals surface area contributed by atoms with E-state index < -0.39 is 15.9 Å². The van der Waals surface area contributed by atoms with Gasteiger partial charge in [-0.3, -0.25) is 9.36 Å². The summed E-state index contributed by atoms with van der Waals surface area (Å²) in [5.41, 5.74) is 1.28. The fourth-order valence-electron chi connectivity index (χ4n) is 4.12. The number of hydrogen-bond donors (Lipinski definition) is 3. The first kappa shape index (κ1) is 26.6. The van der Waals surface area contributed by atoms with Gasteiger partial charge in [0.2, 0.25) is 15.8 Å². The highest BCUT2D eigenvalue weighted by Crippen LogP contribution is 2.38. The molecule has 3 N–H and O–H groups in total. The zero-order chi connectivity index (χ0) is 26.9. The Morgan fingerprint density at radius 1 is 1.00 bits per heavy atom. The number of hydrogen-bond acceptors (Lipinski definition) is 8. The van der Waals surface area contributed by atoms with Gasteiger partial charge in [-0.25, -0.2) is 8.42 Å². The number of amides is 1. The molecule has 3 aromatic rings. The van der Waals surface area contributed by atoms with Crippen molar-refractivity contribution in [1.29, 1.82) is 0 Å². The van der Waals surface area contributed by atoms with Crippen LogP contribution in [0.25, 0.3) is 17.1 Å². The first-order valence-corrected chi connectivity index (χ1v) is 13.5. The number of sulfonamides is 1. The number of nitrogens with zero attached hydrogens (tertiary/aromatic N) is 4. The van der Waals surface area contributed by atoms with E-state index in [1.54, 1.807) is 18.2 Å². The maximum atomic E-state index is 13.1. The number of aromatic hydroxyl groups is 2.